The molecule has 0 unspecified atom stereocenters. The Hall–Kier alpha value is -1.91. The number of amides is 2. The van der Waals surface area contributed by atoms with Gasteiger partial charge in [0.15, 0.2) is 5.75 Å². The molecule has 0 atom stereocenters. The summed E-state index contributed by atoms with van der Waals surface area (Å²) < 4.78 is 5.03. The Labute approximate surface area is 80.1 Å². The number of fused-ring (bicyclic) bond motifs is 1. The number of nitrogens with one attached hydrogen (secondary N) is 1. The maximum atomic E-state index is 11.4. The van der Waals surface area contributed by atoms with Crippen LogP contribution in [-0.4, -0.2) is 23.9 Å². The highest BCUT2D eigenvalue weighted by atomic mass is 16.5. The Balaban J connectivity index is 2.74. The third kappa shape index (κ3) is 0.985. The molecule has 1 aromatic rings. The zero-order valence-corrected chi connectivity index (χ0v) is 7.75. The molecule has 0 aromatic carbocycles. The number of pyridine rings is 1. The van der Waals surface area contributed by atoms with E-state index in [0.29, 0.717) is 11.4 Å². The largest absolute Gasteiger partial charge is 0.494 e. The molecule has 2 heterocycles. The molecule has 0 aliphatic carbocycles. The molecule has 1 aromatic heterocycles. The van der Waals surface area contributed by atoms with Crippen LogP contribution in [0.4, 0.5) is 0 Å². The quantitative estimate of drug-likeness (QED) is 0.649. The average molecular weight is 192 g/mol. The molecule has 14 heavy (non-hydrogen) atoms. The van der Waals surface area contributed by atoms with Crippen molar-refractivity contribution in [1.82, 2.24) is 10.3 Å². The van der Waals surface area contributed by atoms with Crippen molar-refractivity contribution in [3.63, 3.8) is 0 Å². The summed E-state index contributed by atoms with van der Waals surface area (Å²) in [7, 11) is 1.44. The van der Waals surface area contributed by atoms with Crippen molar-refractivity contribution in [2.75, 3.05) is 7.11 Å². The minimum atomic E-state index is -0.424. The van der Waals surface area contributed by atoms with E-state index in [1.807, 2.05) is 0 Å². The minimum absolute atomic E-state index is 0.275. The van der Waals surface area contributed by atoms with Gasteiger partial charge in [0.1, 0.15) is 0 Å². The van der Waals surface area contributed by atoms with E-state index in [0.717, 1.165) is 0 Å². The van der Waals surface area contributed by atoms with Crippen molar-refractivity contribution in [2.24, 2.45) is 0 Å². The van der Waals surface area contributed by atoms with Crippen molar-refractivity contribution in [3.8, 4) is 5.75 Å². The lowest BCUT2D eigenvalue weighted by molar-refractivity contribution is 0.0879. The summed E-state index contributed by atoms with van der Waals surface area (Å²) in [6.45, 7) is 1.72. The van der Waals surface area contributed by atoms with E-state index in [1.165, 1.54) is 13.3 Å². The molecule has 0 spiro atoms. The highest BCUT2D eigenvalue weighted by Crippen LogP contribution is 2.27. The molecule has 1 aliphatic heterocycles. The van der Waals surface area contributed by atoms with Gasteiger partial charge in [-0.05, 0) is 6.92 Å². The second kappa shape index (κ2) is 2.80. The molecule has 5 heteroatoms. The number of hydrogen-bond donors (Lipinski definition) is 1. The van der Waals surface area contributed by atoms with Crippen molar-refractivity contribution in [2.45, 2.75) is 6.92 Å². The highest BCUT2D eigenvalue weighted by molar-refractivity contribution is 6.22. The summed E-state index contributed by atoms with van der Waals surface area (Å²) in [6.07, 6.45) is 1.38. The maximum Gasteiger partial charge on any atom is 0.262 e. The van der Waals surface area contributed by atoms with Crippen LogP contribution in [0.5, 0.6) is 5.75 Å². The number of ether oxygens (including phenoxy) is 1. The van der Waals surface area contributed by atoms with Gasteiger partial charge in [-0.25, -0.2) is 0 Å². The molecule has 0 saturated carbocycles. The predicted molar refractivity (Wildman–Crippen MR) is 47.3 cm³/mol. The molecule has 72 valence electrons. The van der Waals surface area contributed by atoms with Gasteiger partial charge in [0.05, 0.1) is 23.9 Å². The standard InChI is InChI=1S/C9H8N2O3/c1-4-7(14-2)6-5(3-10-4)8(12)11-9(6)13/h3H,1-2H3,(H,11,12,13). The first-order valence-electron chi connectivity index (χ1n) is 4.04. The third-order valence-corrected chi connectivity index (χ3v) is 2.12. The van der Waals surface area contributed by atoms with E-state index in [-0.39, 0.29) is 11.1 Å². The molecule has 0 fully saturated rings. The van der Waals surface area contributed by atoms with Crippen LogP contribution < -0.4 is 10.1 Å². The zero-order chi connectivity index (χ0) is 10.3. The van der Waals surface area contributed by atoms with Gasteiger partial charge in [-0.2, -0.15) is 0 Å². The van der Waals surface area contributed by atoms with Gasteiger partial charge >= 0.3 is 0 Å². The third-order valence-electron chi connectivity index (χ3n) is 2.12. The molecule has 2 rings (SSSR count). The summed E-state index contributed by atoms with van der Waals surface area (Å²) in [6, 6.07) is 0. The lowest BCUT2D eigenvalue weighted by Gasteiger charge is -2.06. The van der Waals surface area contributed by atoms with Gasteiger partial charge in [0.25, 0.3) is 11.8 Å². The van der Waals surface area contributed by atoms with Crippen LogP contribution in [0.25, 0.3) is 0 Å². The number of imide groups is 1. The van der Waals surface area contributed by atoms with Crippen molar-refractivity contribution in [3.05, 3.63) is 23.0 Å². The van der Waals surface area contributed by atoms with Crippen LogP contribution in [-0.2, 0) is 0 Å². The number of aryl methyl sites for hydroxylation is 1. The fraction of sp³-hybridized carbons (Fsp3) is 0.222. The van der Waals surface area contributed by atoms with Gasteiger partial charge in [-0.15, -0.1) is 0 Å². The first kappa shape index (κ1) is 8.68. The summed E-state index contributed by atoms with van der Waals surface area (Å²) in [4.78, 5) is 26.6. The van der Waals surface area contributed by atoms with E-state index in [9.17, 15) is 9.59 Å². The van der Waals surface area contributed by atoms with Crippen LogP contribution in [0.2, 0.25) is 0 Å². The Morgan fingerprint density at radius 3 is 2.71 bits per heavy atom. The number of carbonyl (C=O) groups is 2. The first-order valence-corrected chi connectivity index (χ1v) is 4.04. The summed E-state index contributed by atoms with van der Waals surface area (Å²) >= 11 is 0. The topological polar surface area (TPSA) is 68.3 Å². The van der Waals surface area contributed by atoms with E-state index in [2.05, 4.69) is 10.3 Å². The van der Waals surface area contributed by atoms with Gasteiger partial charge in [0.2, 0.25) is 0 Å². The average Bonchev–Trinajstić information content (AvgIpc) is 2.43. The van der Waals surface area contributed by atoms with Crippen LogP contribution in [0.3, 0.4) is 0 Å². The lowest BCUT2D eigenvalue weighted by Crippen LogP contribution is -2.20. The second-order valence-electron chi connectivity index (χ2n) is 2.95. The van der Waals surface area contributed by atoms with Crippen LogP contribution in [0.1, 0.15) is 26.4 Å². The normalized spacial score (nSPS) is 13.9. The molecule has 0 radical (unpaired) electrons. The van der Waals surface area contributed by atoms with Crippen molar-refractivity contribution in [1.29, 1.82) is 0 Å². The number of aromatic nitrogens is 1. The summed E-state index contributed by atoms with van der Waals surface area (Å²) in [5.41, 5.74) is 1.15. The zero-order valence-electron chi connectivity index (χ0n) is 7.75. The minimum Gasteiger partial charge on any atom is -0.494 e. The second-order valence-corrected chi connectivity index (χ2v) is 2.95. The Morgan fingerprint density at radius 1 is 1.36 bits per heavy atom. The first-order chi connectivity index (χ1) is 6.65. The Bertz CT molecular complexity index is 440. The fourth-order valence-electron chi connectivity index (χ4n) is 1.47. The van der Waals surface area contributed by atoms with E-state index in [1.54, 1.807) is 6.92 Å². The van der Waals surface area contributed by atoms with Gasteiger partial charge in [0, 0.05) is 6.20 Å². The smallest absolute Gasteiger partial charge is 0.262 e. The molecule has 0 saturated heterocycles. The number of hydrogen-bond acceptors (Lipinski definition) is 4. The molecule has 2 amide bonds. The summed E-state index contributed by atoms with van der Waals surface area (Å²) in [5.74, 6) is -0.478. The van der Waals surface area contributed by atoms with E-state index < -0.39 is 11.8 Å². The lowest BCUT2D eigenvalue weighted by atomic mass is 10.1. The molecule has 0 bridgehead atoms. The molecule has 1 N–H and O–H groups in total. The van der Waals surface area contributed by atoms with Crippen LogP contribution >= 0.6 is 0 Å². The number of rotatable bonds is 1. The van der Waals surface area contributed by atoms with Gasteiger partial charge in [-0.3, -0.25) is 19.9 Å². The highest BCUT2D eigenvalue weighted by Gasteiger charge is 2.31. The van der Waals surface area contributed by atoms with Gasteiger partial charge in [-0.1, -0.05) is 0 Å². The predicted octanol–water partition coefficient (Wildman–Crippen LogP) is 0.282. The summed E-state index contributed by atoms with van der Waals surface area (Å²) in [5, 5.41) is 2.19. The molecular formula is C9H8N2O3. The fourth-order valence-corrected chi connectivity index (χ4v) is 1.47. The monoisotopic (exact) mass is 192 g/mol. The molecule has 5 nitrogen and oxygen atoms in total. The molecule has 1 aliphatic rings. The van der Waals surface area contributed by atoms with Crippen LogP contribution in [0.15, 0.2) is 6.20 Å². The van der Waals surface area contributed by atoms with E-state index >= 15 is 0 Å². The number of nitrogens with zero attached hydrogens (tertiary/aromatic N) is 1. The maximum absolute atomic E-state index is 11.4. The SMILES string of the molecule is COc1c(C)ncc2c1C(=O)NC2=O. The van der Waals surface area contributed by atoms with Crippen LogP contribution in [0, 0.1) is 6.92 Å². The van der Waals surface area contributed by atoms with E-state index in [4.69, 9.17) is 4.74 Å². The Morgan fingerprint density at radius 2 is 2.07 bits per heavy atom. The number of carbonyl (C=O) groups excluding carboxylic acids is 2. The molecular weight excluding hydrogens is 184 g/mol. The van der Waals surface area contributed by atoms with Crippen molar-refractivity contribution >= 4 is 11.8 Å². The Kier molecular flexibility index (Phi) is 1.73. The van der Waals surface area contributed by atoms with Gasteiger partial charge < -0.3 is 4.74 Å². The van der Waals surface area contributed by atoms with Crippen molar-refractivity contribution < 1.29 is 14.3 Å². The number of methoxy groups -OCH3 is 1.